The molecule has 1 fully saturated rings. The van der Waals surface area contributed by atoms with E-state index in [1.54, 1.807) is 0 Å². The van der Waals surface area contributed by atoms with E-state index in [2.05, 4.69) is 20.1 Å². The van der Waals surface area contributed by atoms with E-state index in [1.807, 2.05) is 0 Å². The van der Waals surface area contributed by atoms with E-state index >= 15 is 0 Å². The first kappa shape index (κ1) is 23.5. The maximum atomic E-state index is 14.8. The lowest BCUT2D eigenvalue weighted by atomic mass is 9.99. The number of carboxylic acids is 2. The van der Waals surface area contributed by atoms with Crippen LogP contribution in [0.2, 0.25) is 5.28 Å². The molecule has 4 rings (SSSR count). The summed E-state index contributed by atoms with van der Waals surface area (Å²) in [6, 6.07) is 0.968. The van der Waals surface area contributed by atoms with Crippen molar-refractivity contribution in [3.05, 3.63) is 29.1 Å². The molecule has 0 bridgehead atoms. The molecule has 4 N–H and O–H groups in total. The number of carboxylic acid groups (broad SMARTS) is 2. The number of rotatable bonds is 9. The van der Waals surface area contributed by atoms with Gasteiger partial charge in [-0.05, 0) is 11.6 Å². The Morgan fingerprint density at radius 1 is 1.41 bits per heavy atom. The van der Waals surface area contributed by atoms with Crippen LogP contribution < -0.4 is 5.73 Å². The fourth-order valence-corrected chi connectivity index (χ4v) is 3.63. The smallest absolute Gasteiger partial charge is 0.358 e. The molecule has 34 heavy (non-hydrogen) atoms. The maximum Gasteiger partial charge on any atom is 0.358 e. The largest absolute Gasteiger partial charge is 0.479 e. The third-order valence-electron chi connectivity index (χ3n) is 5.12. The summed E-state index contributed by atoms with van der Waals surface area (Å²) in [4.78, 5) is 46.3. The molecule has 1 saturated heterocycles. The number of aromatic nitrogens is 5. The van der Waals surface area contributed by atoms with E-state index in [0.717, 1.165) is 6.07 Å². The lowest BCUT2D eigenvalue weighted by Gasteiger charge is -2.24. The van der Waals surface area contributed by atoms with Gasteiger partial charge in [0.2, 0.25) is 10.9 Å². The Morgan fingerprint density at radius 3 is 2.82 bits per heavy atom. The van der Waals surface area contributed by atoms with Crippen molar-refractivity contribution in [2.45, 2.75) is 36.9 Å². The van der Waals surface area contributed by atoms with Crippen molar-refractivity contribution in [2.24, 2.45) is 0 Å². The number of aromatic carboxylic acids is 1. The summed E-state index contributed by atoms with van der Waals surface area (Å²) in [5, 5.41) is 21.6. The van der Waals surface area contributed by atoms with Gasteiger partial charge < -0.3 is 29.9 Å². The molecule has 14 nitrogen and oxygen atoms in total. The highest BCUT2D eigenvalue weighted by Crippen LogP contribution is 2.34. The maximum absolute atomic E-state index is 14.8. The van der Waals surface area contributed by atoms with Crippen molar-refractivity contribution in [1.29, 1.82) is 0 Å². The molecule has 0 amide bonds. The Balaban J connectivity index is 1.49. The Morgan fingerprint density at radius 2 is 2.18 bits per heavy atom. The molecular formula is C18H16ClFN6O8. The normalized spacial score (nSPS) is 22.0. The van der Waals surface area contributed by atoms with Crippen molar-refractivity contribution in [3.63, 3.8) is 0 Å². The quantitative estimate of drug-likeness (QED) is 0.211. The SMILES string of the molecule is Nc1nc(Cl)nc2c1ncn2C1OC(COC(C=O)(Cc2cc(C(=O)O)no2)C(=O)O)CC1F. The third-order valence-corrected chi connectivity index (χ3v) is 5.29. The summed E-state index contributed by atoms with van der Waals surface area (Å²) >= 11 is 5.82. The molecule has 0 aliphatic carbocycles. The first-order valence-corrected chi connectivity index (χ1v) is 9.99. The second kappa shape index (κ2) is 8.92. The third kappa shape index (κ3) is 4.27. The molecule has 0 saturated carbocycles. The van der Waals surface area contributed by atoms with Gasteiger partial charge in [0.25, 0.3) is 0 Å². The first-order valence-electron chi connectivity index (χ1n) is 9.61. The van der Waals surface area contributed by atoms with Gasteiger partial charge in [-0.1, -0.05) is 5.16 Å². The van der Waals surface area contributed by atoms with Crippen molar-refractivity contribution >= 4 is 46.8 Å². The number of fused-ring (bicyclic) bond motifs is 1. The van der Waals surface area contributed by atoms with Gasteiger partial charge in [0, 0.05) is 12.5 Å². The number of hydrogen-bond acceptors (Lipinski definition) is 11. The van der Waals surface area contributed by atoms with E-state index in [0.29, 0.717) is 0 Å². The number of carbonyl (C=O) groups is 3. The molecule has 0 aromatic carbocycles. The molecule has 0 radical (unpaired) electrons. The molecule has 4 atom stereocenters. The second-order valence-electron chi connectivity index (χ2n) is 7.39. The van der Waals surface area contributed by atoms with Crippen molar-refractivity contribution in [2.75, 3.05) is 12.3 Å². The number of aliphatic carboxylic acids is 1. The minimum atomic E-state index is -2.44. The number of hydrogen-bond donors (Lipinski definition) is 3. The van der Waals surface area contributed by atoms with Crippen LogP contribution in [-0.2, 0) is 25.5 Å². The molecular weight excluding hydrogens is 483 g/mol. The van der Waals surface area contributed by atoms with Gasteiger partial charge in [-0.2, -0.15) is 9.97 Å². The number of nitrogen functional groups attached to an aromatic ring is 1. The highest BCUT2D eigenvalue weighted by molar-refractivity contribution is 6.28. The Labute approximate surface area is 193 Å². The summed E-state index contributed by atoms with van der Waals surface area (Å²) in [5.41, 5.74) is 3.17. The topological polar surface area (TPSA) is 206 Å². The number of aldehydes is 1. The lowest BCUT2D eigenvalue weighted by Crippen LogP contribution is -2.47. The molecule has 0 spiro atoms. The van der Waals surface area contributed by atoms with Gasteiger partial charge in [-0.25, -0.2) is 19.0 Å². The van der Waals surface area contributed by atoms with E-state index in [4.69, 9.17) is 36.4 Å². The van der Waals surface area contributed by atoms with Crippen LogP contribution >= 0.6 is 11.6 Å². The van der Waals surface area contributed by atoms with E-state index < -0.39 is 54.8 Å². The summed E-state index contributed by atoms with van der Waals surface area (Å²) < 4.78 is 31.9. The number of ether oxygens (including phenoxy) is 2. The average molecular weight is 499 g/mol. The first-order chi connectivity index (χ1) is 16.1. The second-order valence-corrected chi connectivity index (χ2v) is 7.72. The molecule has 180 valence electrons. The zero-order valence-electron chi connectivity index (χ0n) is 17.0. The van der Waals surface area contributed by atoms with Gasteiger partial charge in [0.15, 0.2) is 29.7 Å². The number of nitrogens with two attached hydrogens (primary N) is 1. The van der Waals surface area contributed by atoms with Crippen LogP contribution in [0.25, 0.3) is 11.2 Å². The van der Waals surface area contributed by atoms with Crippen LogP contribution in [0.4, 0.5) is 10.2 Å². The Kier molecular flexibility index (Phi) is 6.16. The van der Waals surface area contributed by atoms with Crippen molar-refractivity contribution < 1.29 is 43.0 Å². The minimum Gasteiger partial charge on any atom is -0.479 e. The van der Waals surface area contributed by atoms with Crippen LogP contribution in [0.5, 0.6) is 0 Å². The highest BCUT2D eigenvalue weighted by atomic mass is 35.5. The van der Waals surface area contributed by atoms with E-state index in [-0.39, 0.29) is 40.7 Å². The number of halogens is 2. The number of carbonyl (C=O) groups excluding carboxylic acids is 1. The van der Waals surface area contributed by atoms with Crippen LogP contribution in [0, 0.1) is 0 Å². The van der Waals surface area contributed by atoms with Crippen LogP contribution in [-0.4, -0.2) is 77.6 Å². The molecule has 16 heteroatoms. The molecule has 3 aromatic rings. The average Bonchev–Trinajstić information content (AvgIpc) is 3.49. The fourth-order valence-electron chi connectivity index (χ4n) is 3.46. The summed E-state index contributed by atoms with van der Waals surface area (Å²) in [6.45, 7) is -0.480. The predicted octanol–water partition coefficient (Wildman–Crippen LogP) is 0.655. The Bertz CT molecular complexity index is 1270. The summed E-state index contributed by atoms with van der Waals surface area (Å²) in [5.74, 6) is -3.27. The van der Waals surface area contributed by atoms with E-state index in [1.165, 1.54) is 10.9 Å². The predicted molar refractivity (Wildman–Crippen MR) is 108 cm³/mol. The van der Waals surface area contributed by atoms with Crippen molar-refractivity contribution in [1.82, 2.24) is 24.7 Å². The number of nitrogens with zero attached hydrogens (tertiary/aromatic N) is 5. The van der Waals surface area contributed by atoms with Gasteiger partial charge in [0.05, 0.1) is 25.5 Å². The van der Waals surface area contributed by atoms with Gasteiger partial charge in [-0.3, -0.25) is 9.36 Å². The zero-order valence-corrected chi connectivity index (χ0v) is 17.8. The number of anilines is 1. The minimum absolute atomic E-state index is 0.00210. The van der Waals surface area contributed by atoms with Crippen LogP contribution in [0.3, 0.4) is 0 Å². The van der Waals surface area contributed by atoms with Gasteiger partial charge in [-0.15, -0.1) is 0 Å². The van der Waals surface area contributed by atoms with Gasteiger partial charge in [0.1, 0.15) is 17.4 Å². The van der Waals surface area contributed by atoms with Crippen LogP contribution in [0.1, 0.15) is 28.9 Å². The Hall–Kier alpha value is -3.69. The molecule has 3 aromatic heterocycles. The molecule has 1 aliphatic heterocycles. The van der Waals surface area contributed by atoms with E-state index in [9.17, 15) is 23.9 Å². The zero-order chi connectivity index (χ0) is 24.6. The van der Waals surface area contributed by atoms with Crippen molar-refractivity contribution in [3.8, 4) is 0 Å². The standard InChI is InChI=1S/C18H16ClFN6O8/c19-17-23-12(21)11-13(24-17)26(6-22-11)14-9(20)1-8(33-14)4-32-18(5-27,16(30)31)3-7-2-10(15(28)29)25-34-7/h2,5-6,8-9,14H,1,3-4H2,(H,28,29)(H,30,31)(H2,21,23,24). The summed E-state index contributed by atoms with van der Waals surface area (Å²) in [6.07, 6.45) is -3.28. The number of imidazole rings is 1. The number of alkyl halides is 1. The highest BCUT2D eigenvalue weighted by Gasteiger charge is 2.44. The fraction of sp³-hybridized carbons (Fsp3) is 0.389. The monoisotopic (exact) mass is 498 g/mol. The van der Waals surface area contributed by atoms with Gasteiger partial charge >= 0.3 is 11.9 Å². The van der Waals surface area contributed by atoms with Crippen LogP contribution in [0.15, 0.2) is 16.9 Å². The lowest BCUT2D eigenvalue weighted by molar-refractivity contribution is -0.172. The molecule has 4 heterocycles. The molecule has 4 unspecified atom stereocenters. The summed E-state index contributed by atoms with van der Waals surface area (Å²) in [7, 11) is 0. The molecule has 1 aliphatic rings.